The van der Waals surface area contributed by atoms with Crippen molar-refractivity contribution in [2.45, 2.75) is 63.9 Å². The number of hydrogen-bond acceptors (Lipinski definition) is 1. The normalized spacial score (nSPS) is 24.9. The number of aliphatic hydroxyl groups excluding tert-OH is 1. The Bertz CT molecular complexity index is 161. The highest BCUT2D eigenvalue weighted by Crippen LogP contribution is 2.37. The lowest BCUT2D eigenvalue weighted by atomic mass is 9.83. The molecule has 1 unspecified atom stereocenters. The first-order valence-electron chi connectivity index (χ1n) is 5.59. The van der Waals surface area contributed by atoms with E-state index in [2.05, 4.69) is 0 Å². The highest BCUT2D eigenvalue weighted by Gasteiger charge is 2.34. The number of halogens is 2. The molecule has 84 valence electrons. The van der Waals surface area contributed by atoms with Gasteiger partial charge in [0.1, 0.15) is 0 Å². The summed E-state index contributed by atoms with van der Waals surface area (Å²) in [6.45, 7) is 1.94. The van der Waals surface area contributed by atoms with Crippen LogP contribution in [0, 0.1) is 5.92 Å². The molecule has 1 aliphatic rings. The Kier molecular flexibility index (Phi) is 4.30. The molecule has 0 aromatic rings. The quantitative estimate of drug-likeness (QED) is 0.747. The number of alkyl halides is 2. The van der Waals surface area contributed by atoms with E-state index in [1.807, 2.05) is 6.92 Å². The van der Waals surface area contributed by atoms with Gasteiger partial charge in [-0.15, -0.1) is 0 Å². The van der Waals surface area contributed by atoms with Crippen molar-refractivity contribution in [3.8, 4) is 0 Å². The summed E-state index contributed by atoms with van der Waals surface area (Å²) in [4.78, 5) is 0. The summed E-state index contributed by atoms with van der Waals surface area (Å²) >= 11 is 0. The first kappa shape index (κ1) is 11.9. The Balaban J connectivity index is 2.16. The summed E-state index contributed by atoms with van der Waals surface area (Å²) in [6.07, 6.45) is 3.55. The molecule has 1 atom stereocenters. The maximum atomic E-state index is 12.8. The van der Waals surface area contributed by atoms with Gasteiger partial charge in [-0.05, 0) is 38.0 Å². The van der Waals surface area contributed by atoms with Gasteiger partial charge >= 0.3 is 0 Å². The van der Waals surface area contributed by atoms with Crippen LogP contribution in [0.2, 0.25) is 0 Å². The number of rotatable bonds is 4. The topological polar surface area (TPSA) is 20.2 Å². The minimum atomic E-state index is -2.42. The molecule has 1 nitrogen and oxygen atoms in total. The fourth-order valence-corrected chi connectivity index (χ4v) is 2.02. The molecule has 1 saturated carbocycles. The molecule has 0 spiro atoms. The van der Waals surface area contributed by atoms with E-state index in [0.717, 1.165) is 19.3 Å². The molecule has 0 bridgehead atoms. The van der Waals surface area contributed by atoms with E-state index in [4.69, 9.17) is 0 Å². The Hall–Kier alpha value is -0.180. The Labute approximate surface area is 84.5 Å². The van der Waals surface area contributed by atoms with E-state index in [0.29, 0.717) is 18.8 Å². The van der Waals surface area contributed by atoms with E-state index >= 15 is 0 Å². The number of hydrogen-bond donors (Lipinski definition) is 1. The Morgan fingerprint density at radius 2 is 1.93 bits per heavy atom. The van der Waals surface area contributed by atoms with Gasteiger partial charge < -0.3 is 5.11 Å². The van der Waals surface area contributed by atoms with Crippen molar-refractivity contribution >= 4 is 0 Å². The summed E-state index contributed by atoms with van der Waals surface area (Å²) in [5, 5.41) is 9.34. The smallest absolute Gasteiger partial charge is 0.248 e. The van der Waals surface area contributed by atoms with Gasteiger partial charge in [-0.2, -0.15) is 0 Å². The average molecular weight is 206 g/mol. The summed E-state index contributed by atoms with van der Waals surface area (Å²) in [6, 6.07) is 0. The maximum absolute atomic E-state index is 12.8. The van der Waals surface area contributed by atoms with Crippen molar-refractivity contribution in [3.63, 3.8) is 0 Å². The molecule has 0 aromatic heterocycles. The van der Waals surface area contributed by atoms with Crippen LogP contribution in [0.3, 0.4) is 0 Å². The van der Waals surface area contributed by atoms with Gasteiger partial charge in [0.2, 0.25) is 5.92 Å². The molecule has 0 saturated heterocycles. The third-order valence-corrected chi connectivity index (χ3v) is 3.22. The van der Waals surface area contributed by atoms with Crippen molar-refractivity contribution in [1.29, 1.82) is 0 Å². The molecule has 3 heteroatoms. The van der Waals surface area contributed by atoms with Crippen LogP contribution in [0.25, 0.3) is 0 Å². The van der Waals surface area contributed by atoms with Gasteiger partial charge in [0.05, 0.1) is 6.10 Å². The summed E-state index contributed by atoms with van der Waals surface area (Å²) in [7, 11) is 0. The van der Waals surface area contributed by atoms with Crippen LogP contribution < -0.4 is 0 Å². The van der Waals surface area contributed by atoms with E-state index in [9.17, 15) is 13.9 Å². The molecule has 1 N–H and O–H groups in total. The van der Waals surface area contributed by atoms with Gasteiger partial charge in [-0.1, -0.05) is 6.92 Å². The lowest BCUT2D eigenvalue weighted by Crippen LogP contribution is -2.25. The molecular weight excluding hydrogens is 186 g/mol. The standard InChI is InChI=1S/C11H20F2O/c1-2-10(14)4-3-9-5-7-11(12,13)8-6-9/h9-10,14H,2-8H2,1H3. The van der Waals surface area contributed by atoms with Crippen LogP contribution in [-0.4, -0.2) is 17.1 Å². The van der Waals surface area contributed by atoms with Gasteiger partial charge in [-0.25, -0.2) is 8.78 Å². The molecule has 0 radical (unpaired) electrons. The van der Waals surface area contributed by atoms with Crippen molar-refractivity contribution in [2.24, 2.45) is 5.92 Å². The van der Waals surface area contributed by atoms with Crippen LogP contribution in [0.5, 0.6) is 0 Å². The second-order valence-electron chi connectivity index (χ2n) is 4.44. The van der Waals surface area contributed by atoms with Crippen LogP contribution in [0.15, 0.2) is 0 Å². The molecule has 1 fully saturated rings. The fourth-order valence-electron chi connectivity index (χ4n) is 2.02. The van der Waals surface area contributed by atoms with Crippen molar-refractivity contribution < 1.29 is 13.9 Å². The zero-order valence-electron chi connectivity index (χ0n) is 8.81. The summed E-state index contributed by atoms with van der Waals surface area (Å²) < 4.78 is 25.6. The van der Waals surface area contributed by atoms with Crippen molar-refractivity contribution in [1.82, 2.24) is 0 Å². The molecular formula is C11H20F2O. The Morgan fingerprint density at radius 3 is 2.43 bits per heavy atom. The molecule has 0 amide bonds. The minimum Gasteiger partial charge on any atom is -0.393 e. The predicted octanol–water partition coefficient (Wildman–Crippen LogP) is 3.36. The van der Waals surface area contributed by atoms with E-state index in [-0.39, 0.29) is 18.9 Å². The van der Waals surface area contributed by atoms with E-state index < -0.39 is 5.92 Å². The first-order valence-corrected chi connectivity index (χ1v) is 5.59. The molecule has 1 aliphatic carbocycles. The highest BCUT2D eigenvalue weighted by atomic mass is 19.3. The van der Waals surface area contributed by atoms with Crippen LogP contribution in [0.4, 0.5) is 8.78 Å². The van der Waals surface area contributed by atoms with Gasteiger partial charge in [-0.3, -0.25) is 0 Å². The molecule has 0 heterocycles. The van der Waals surface area contributed by atoms with E-state index in [1.165, 1.54) is 0 Å². The largest absolute Gasteiger partial charge is 0.393 e. The Morgan fingerprint density at radius 1 is 1.36 bits per heavy atom. The molecule has 0 aliphatic heterocycles. The average Bonchev–Trinajstić information content (AvgIpc) is 2.16. The summed E-state index contributed by atoms with van der Waals surface area (Å²) in [5.41, 5.74) is 0. The lowest BCUT2D eigenvalue weighted by Gasteiger charge is -2.28. The maximum Gasteiger partial charge on any atom is 0.248 e. The van der Waals surface area contributed by atoms with Crippen LogP contribution in [-0.2, 0) is 0 Å². The fraction of sp³-hybridized carbons (Fsp3) is 1.00. The van der Waals surface area contributed by atoms with Gasteiger partial charge in [0.25, 0.3) is 0 Å². The first-order chi connectivity index (χ1) is 6.53. The zero-order valence-corrected chi connectivity index (χ0v) is 8.81. The third kappa shape index (κ3) is 3.91. The van der Waals surface area contributed by atoms with Crippen molar-refractivity contribution in [3.05, 3.63) is 0 Å². The summed E-state index contributed by atoms with van der Waals surface area (Å²) in [5.74, 6) is -2.00. The van der Waals surface area contributed by atoms with Gasteiger partial charge in [0, 0.05) is 12.8 Å². The molecule has 14 heavy (non-hydrogen) atoms. The third-order valence-electron chi connectivity index (χ3n) is 3.22. The zero-order chi connectivity index (χ0) is 10.6. The SMILES string of the molecule is CCC(O)CCC1CCC(F)(F)CC1. The minimum absolute atomic E-state index is 0.0416. The van der Waals surface area contributed by atoms with Gasteiger partial charge in [0.15, 0.2) is 0 Å². The predicted molar refractivity (Wildman–Crippen MR) is 52.4 cm³/mol. The van der Waals surface area contributed by atoms with Crippen LogP contribution >= 0.6 is 0 Å². The lowest BCUT2D eigenvalue weighted by molar-refractivity contribution is -0.0475. The van der Waals surface area contributed by atoms with Crippen molar-refractivity contribution in [2.75, 3.05) is 0 Å². The number of aliphatic hydroxyl groups is 1. The van der Waals surface area contributed by atoms with E-state index in [1.54, 1.807) is 0 Å². The molecule has 0 aromatic carbocycles. The highest BCUT2D eigenvalue weighted by molar-refractivity contribution is 4.77. The molecule has 1 rings (SSSR count). The second-order valence-corrected chi connectivity index (χ2v) is 4.44. The monoisotopic (exact) mass is 206 g/mol. The van der Waals surface area contributed by atoms with Crippen LogP contribution in [0.1, 0.15) is 51.9 Å². The second kappa shape index (κ2) is 5.06.